The smallest absolute Gasteiger partial charge is 0.352 e. The lowest BCUT2D eigenvalue weighted by Crippen LogP contribution is -2.71. The fourth-order valence-corrected chi connectivity index (χ4v) is 10.0. The number of carbonyl (C=O) groups excluding carboxylic acids is 2. The maximum atomic E-state index is 13.3. The van der Waals surface area contributed by atoms with Crippen LogP contribution in [0.3, 0.4) is 0 Å². The number of rotatable bonds is 12. The van der Waals surface area contributed by atoms with Gasteiger partial charge in [-0.2, -0.15) is 0 Å². The number of carboxylic acid groups (broad SMARTS) is 2. The second kappa shape index (κ2) is 16.1. The minimum Gasteiger partial charge on any atom is -0.508 e. The molecule has 3 aliphatic heterocycles. The Morgan fingerprint density at radius 2 is 1.78 bits per heavy atom. The zero-order valence-electron chi connectivity index (χ0n) is 30.7. The number of benzene rings is 3. The van der Waals surface area contributed by atoms with Crippen molar-refractivity contribution >= 4 is 82.0 Å². The van der Waals surface area contributed by atoms with Crippen molar-refractivity contribution in [2.24, 2.45) is 0 Å². The summed E-state index contributed by atoms with van der Waals surface area (Å²) in [6, 6.07) is 14.1. The lowest BCUT2D eigenvalue weighted by atomic mass is 9.91. The van der Waals surface area contributed by atoms with Gasteiger partial charge in [-0.3, -0.25) is 19.3 Å². The molecule has 0 saturated carbocycles. The number of hydrogen-bond donors (Lipinski definition) is 5. The van der Waals surface area contributed by atoms with E-state index < -0.39 is 52.3 Å². The van der Waals surface area contributed by atoms with Crippen LogP contribution in [0.15, 0.2) is 95.3 Å². The van der Waals surface area contributed by atoms with Crippen molar-refractivity contribution in [1.29, 1.82) is 0 Å². The number of halogens is 1. The van der Waals surface area contributed by atoms with E-state index in [1.54, 1.807) is 42.5 Å². The molecule has 0 bridgehead atoms. The molecule has 3 aromatic rings. The van der Waals surface area contributed by atoms with E-state index in [9.17, 15) is 44.1 Å². The molecule has 8 rings (SSSR count). The molecule has 4 unspecified atom stereocenters. The van der Waals surface area contributed by atoms with E-state index in [2.05, 4.69) is 10.6 Å². The third kappa shape index (κ3) is 7.63. The first kappa shape index (κ1) is 40.0. The van der Waals surface area contributed by atoms with E-state index in [0.29, 0.717) is 43.2 Å². The van der Waals surface area contributed by atoms with Crippen molar-refractivity contribution in [3.8, 4) is 28.2 Å². The molecule has 2 aromatic carbocycles. The number of hydrogen-bond acceptors (Lipinski definition) is 13. The number of fused-ring (bicyclic) bond motifs is 4. The van der Waals surface area contributed by atoms with E-state index in [1.165, 1.54) is 61.0 Å². The topological polar surface area (TPSA) is 226 Å². The monoisotopic (exact) mass is 857 g/mol. The standard InChI is InChI=1S/C41H32ClN3O12S2/c1-55-32-13-29-18(9-28(32)42)8-19(41(54)57-29)14-43-15-33(48)44-35-37(49)45-36(40(52)53)20(17-59-38(35)45)16-58-23-4-7-24(27(12-23)39(50)51)34-25-5-2-21(46)10-30(25)56-31-11-22(47)3-6-26(31)34/h2-13,28,32,35,38,43,46H,14-17H2,1H3,(H,44,48)(H,50,51)(H,52,53). The van der Waals surface area contributed by atoms with Crippen LogP contribution in [0.4, 0.5) is 0 Å². The zero-order valence-corrected chi connectivity index (χ0v) is 33.1. The minimum absolute atomic E-state index is 0.00491. The number of thioether (sulfide) groups is 2. The Morgan fingerprint density at radius 1 is 0.983 bits per heavy atom. The number of phenolic OH excluding ortho intramolecular Hbond substituents is 1. The number of carbonyl (C=O) groups is 4. The number of carboxylic acids is 2. The number of nitrogens with zero attached hydrogens (tertiary/aromatic N) is 1. The number of aromatic carboxylic acids is 1. The first-order chi connectivity index (χ1) is 28.3. The van der Waals surface area contributed by atoms with Gasteiger partial charge in [0.05, 0.1) is 29.2 Å². The predicted octanol–water partition coefficient (Wildman–Crippen LogP) is 2.74. The molecule has 5 aliphatic rings. The number of β-lactam (4-membered cyclic amide) rings is 1. The largest absolute Gasteiger partial charge is 0.508 e. The van der Waals surface area contributed by atoms with Crippen LogP contribution in [-0.4, -0.2) is 92.0 Å². The summed E-state index contributed by atoms with van der Waals surface area (Å²) < 4.78 is 16.6. The molecule has 1 fully saturated rings. The highest BCUT2D eigenvalue weighted by Gasteiger charge is 2.54. The van der Waals surface area contributed by atoms with Gasteiger partial charge in [0.1, 0.15) is 39.6 Å². The number of aromatic hydroxyl groups is 1. The molecule has 2 amide bonds. The van der Waals surface area contributed by atoms with Crippen LogP contribution < -0.4 is 32.3 Å². The van der Waals surface area contributed by atoms with Crippen LogP contribution in [-0.2, 0) is 25.7 Å². The van der Waals surface area contributed by atoms with Gasteiger partial charge in [-0.1, -0.05) is 12.1 Å². The van der Waals surface area contributed by atoms with E-state index in [4.69, 9.17) is 25.2 Å². The molecule has 59 heavy (non-hydrogen) atoms. The Labute approximate surface area is 346 Å². The molecule has 302 valence electrons. The Morgan fingerprint density at radius 3 is 2.54 bits per heavy atom. The maximum absolute atomic E-state index is 13.3. The van der Waals surface area contributed by atoms with Gasteiger partial charge in [0.2, 0.25) is 5.91 Å². The lowest BCUT2D eigenvalue weighted by molar-refractivity contribution is -0.150. The van der Waals surface area contributed by atoms with E-state index in [1.807, 2.05) is 0 Å². The molecule has 1 aromatic heterocycles. The molecular formula is C41H32ClN3O12S2. The molecule has 18 heteroatoms. The van der Waals surface area contributed by atoms with Gasteiger partial charge in [0.25, 0.3) is 5.91 Å². The van der Waals surface area contributed by atoms with E-state index in [0.717, 1.165) is 4.90 Å². The first-order valence-corrected chi connectivity index (χ1v) is 20.4. The van der Waals surface area contributed by atoms with Crippen molar-refractivity contribution < 1.29 is 48.1 Å². The summed E-state index contributed by atoms with van der Waals surface area (Å²) in [5.41, 5.74) is 1.44. The normalized spacial score (nSPS) is 19.7. The Hall–Kier alpha value is -5.85. The van der Waals surface area contributed by atoms with Crippen LogP contribution in [0.25, 0.3) is 45.6 Å². The number of alkyl halides is 1. The van der Waals surface area contributed by atoms with Crippen molar-refractivity contribution in [3.05, 3.63) is 114 Å². The fourth-order valence-electron chi connectivity index (χ4n) is 7.29. The number of ether oxygens (including phenoxy) is 1. The van der Waals surface area contributed by atoms with Crippen LogP contribution >= 0.6 is 35.1 Å². The van der Waals surface area contributed by atoms with Crippen molar-refractivity contribution in [2.75, 3.05) is 25.2 Å². The summed E-state index contributed by atoms with van der Waals surface area (Å²) in [4.78, 5) is 77.8. The van der Waals surface area contributed by atoms with Gasteiger partial charge in [-0.05, 0) is 59.7 Å². The quantitative estimate of drug-likeness (QED) is 0.0527. The van der Waals surface area contributed by atoms with Crippen molar-refractivity contribution in [1.82, 2.24) is 15.5 Å². The van der Waals surface area contributed by atoms with Crippen LogP contribution in [0.5, 0.6) is 5.75 Å². The van der Waals surface area contributed by atoms with Gasteiger partial charge in [-0.15, -0.1) is 35.1 Å². The van der Waals surface area contributed by atoms with Crippen molar-refractivity contribution in [2.45, 2.75) is 34.3 Å². The molecule has 5 N–H and O–H groups in total. The number of nitrogens with one attached hydrogen (secondary N) is 2. The van der Waals surface area contributed by atoms with Gasteiger partial charge >= 0.3 is 17.6 Å². The molecular weight excluding hydrogens is 826 g/mol. The Balaban J connectivity index is 0.950. The highest BCUT2D eigenvalue weighted by molar-refractivity contribution is 8.01. The summed E-state index contributed by atoms with van der Waals surface area (Å²) in [5.74, 6) is -3.18. The molecule has 15 nitrogen and oxygen atoms in total. The third-order valence-electron chi connectivity index (χ3n) is 10.1. The van der Waals surface area contributed by atoms with Gasteiger partial charge in [-0.25, -0.2) is 14.4 Å². The predicted molar refractivity (Wildman–Crippen MR) is 219 cm³/mol. The average molecular weight is 858 g/mol. The second-order valence-electron chi connectivity index (χ2n) is 13.8. The summed E-state index contributed by atoms with van der Waals surface area (Å²) in [6.45, 7) is -0.246. The SMILES string of the molecule is COC1C=c2oc(=O)c(CNCC(=O)NC3C(=O)N4C(C(=O)O)=C(CSc5ccc(-c6c7ccc(=O)cc-7oc7cc(O)ccc67)c(C(=O)O)c5)CSC34)cc2=CC1Cl. The Bertz CT molecular complexity index is 2860. The number of amides is 2. The lowest BCUT2D eigenvalue weighted by Gasteiger charge is -2.49. The van der Waals surface area contributed by atoms with Crippen molar-refractivity contribution in [3.63, 3.8) is 0 Å². The molecule has 0 spiro atoms. The molecule has 4 atom stereocenters. The third-order valence-corrected chi connectivity index (χ3v) is 12.9. The summed E-state index contributed by atoms with van der Waals surface area (Å²) in [5, 5.41) is 36.2. The zero-order chi connectivity index (χ0) is 41.7. The number of methoxy groups -OCH3 is 1. The number of phenols is 1. The van der Waals surface area contributed by atoms with Crippen LogP contribution in [0.1, 0.15) is 15.9 Å². The van der Waals surface area contributed by atoms with E-state index in [-0.39, 0.29) is 63.9 Å². The van der Waals surface area contributed by atoms with Gasteiger partial charge < -0.3 is 39.5 Å². The maximum Gasteiger partial charge on any atom is 0.352 e. The average Bonchev–Trinajstić information content (AvgIpc) is 3.20. The van der Waals surface area contributed by atoms with Gasteiger partial charge in [0, 0.05) is 63.9 Å². The highest BCUT2D eigenvalue weighted by Crippen LogP contribution is 2.44. The first-order valence-electron chi connectivity index (χ1n) is 17.9. The fraction of sp³-hybridized carbons (Fsp3) is 0.220. The molecule has 2 aliphatic carbocycles. The Kier molecular flexibility index (Phi) is 10.9. The minimum atomic E-state index is -1.32. The van der Waals surface area contributed by atoms with Crippen LogP contribution in [0.2, 0.25) is 0 Å². The van der Waals surface area contributed by atoms with Gasteiger partial charge in [0.15, 0.2) is 5.43 Å². The van der Waals surface area contributed by atoms with Crippen LogP contribution in [0, 0.1) is 0 Å². The highest BCUT2D eigenvalue weighted by atomic mass is 35.5. The van der Waals surface area contributed by atoms with E-state index >= 15 is 0 Å². The summed E-state index contributed by atoms with van der Waals surface area (Å²) in [7, 11) is 1.50. The summed E-state index contributed by atoms with van der Waals surface area (Å²) >= 11 is 8.82. The molecule has 0 radical (unpaired) electrons. The number of aliphatic carboxylic acids is 1. The molecule has 1 saturated heterocycles. The summed E-state index contributed by atoms with van der Waals surface area (Å²) in [6.07, 6.45) is 2.89. The molecule has 4 heterocycles. The second-order valence-corrected chi connectivity index (χ2v) is 16.4.